The average molecular weight is 609 g/mol. The van der Waals surface area contributed by atoms with Gasteiger partial charge >= 0.3 is 6.09 Å². The molecule has 4 aromatic heterocycles. The zero-order valence-corrected chi connectivity index (χ0v) is 25.2. The van der Waals surface area contributed by atoms with Crippen LogP contribution in [0.1, 0.15) is 49.5 Å². The Morgan fingerprint density at radius 2 is 1.98 bits per heavy atom. The normalized spacial score (nSPS) is 15.6. The lowest BCUT2D eigenvalue weighted by molar-refractivity contribution is 0.0604. The number of H-pyrrole nitrogens is 1. The van der Waals surface area contributed by atoms with Crippen LogP contribution >= 0.6 is 0 Å². The van der Waals surface area contributed by atoms with E-state index in [0.717, 1.165) is 30.6 Å². The van der Waals surface area contributed by atoms with Gasteiger partial charge in [-0.25, -0.2) is 24.1 Å². The molecule has 6 rings (SSSR count). The van der Waals surface area contributed by atoms with Crippen LogP contribution in [0.4, 0.5) is 14.9 Å². The first-order valence-corrected chi connectivity index (χ1v) is 14.7. The van der Waals surface area contributed by atoms with Crippen molar-refractivity contribution in [1.82, 2.24) is 30.2 Å². The Bertz CT molecular complexity index is 1900. The summed E-state index contributed by atoms with van der Waals surface area (Å²) in [6, 6.07) is 7.01. The number of benzene rings is 1. The molecule has 230 valence electrons. The quantitative estimate of drug-likeness (QED) is 0.229. The molecule has 0 radical (unpaired) electrons. The molecule has 1 aromatic carbocycles. The molecule has 5 heterocycles. The van der Waals surface area contributed by atoms with Gasteiger partial charge in [0, 0.05) is 90.3 Å². The highest BCUT2D eigenvalue weighted by atomic mass is 19.1. The number of nitrogens with zero attached hydrogens (tertiary/aromatic N) is 6. The van der Waals surface area contributed by atoms with E-state index >= 15 is 4.39 Å². The number of piperidine rings is 1. The van der Waals surface area contributed by atoms with Crippen molar-refractivity contribution in [2.75, 3.05) is 18.0 Å². The molecule has 1 aliphatic rings. The molecule has 0 spiro atoms. The number of nitrogens with one attached hydrogen (secondary N) is 2. The third-order valence-corrected chi connectivity index (χ3v) is 7.53. The maximum absolute atomic E-state index is 15.6. The largest absolute Gasteiger partial charge is 0.442 e. The Morgan fingerprint density at radius 1 is 1.16 bits per heavy atom. The van der Waals surface area contributed by atoms with E-state index in [1.54, 1.807) is 57.8 Å². The molecule has 5 aromatic rings. The SMILES string of the molecule is CC(C)(C)OC(=O)/N=C/C1CCCN(c2ccnc3c(F)cc(-c4c[nH]c5ncc(C(=O)NCc6cncnc6)cc45)cc23)C1. The highest BCUT2D eigenvalue weighted by Crippen LogP contribution is 2.36. The number of pyridine rings is 2. The van der Waals surface area contributed by atoms with E-state index in [4.69, 9.17) is 4.74 Å². The van der Waals surface area contributed by atoms with Crippen molar-refractivity contribution in [2.45, 2.75) is 45.8 Å². The van der Waals surface area contributed by atoms with Crippen LogP contribution in [0.2, 0.25) is 0 Å². The summed E-state index contributed by atoms with van der Waals surface area (Å²) in [5.41, 5.74) is 3.56. The molecule has 1 atom stereocenters. The van der Waals surface area contributed by atoms with Gasteiger partial charge in [0.05, 0.1) is 5.56 Å². The van der Waals surface area contributed by atoms with Crippen molar-refractivity contribution < 1.29 is 18.7 Å². The van der Waals surface area contributed by atoms with E-state index in [1.165, 1.54) is 18.6 Å². The number of aromatic nitrogens is 5. The smallest absolute Gasteiger partial charge is 0.433 e. The van der Waals surface area contributed by atoms with Crippen LogP contribution in [-0.4, -0.2) is 61.8 Å². The number of carbonyl (C=O) groups excluding carboxylic acids is 2. The summed E-state index contributed by atoms with van der Waals surface area (Å²) < 4.78 is 20.9. The number of halogens is 1. The third kappa shape index (κ3) is 6.79. The summed E-state index contributed by atoms with van der Waals surface area (Å²) in [5, 5.41) is 4.21. The van der Waals surface area contributed by atoms with Gasteiger partial charge in [-0.2, -0.15) is 4.99 Å². The lowest BCUT2D eigenvalue weighted by Crippen LogP contribution is -2.36. The van der Waals surface area contributed by atoms with E-state index in [-0.39, 0.29) is 23.9 Å². The van der Waals surface area contributed by atoms with Crippen molar-refractivity contribution in [3.8, 4) is 11.1 Å². The van der Waals surface area contributed by atoms with E-state index in [1.807, 2.05) is 12.1 Å². The molecule has 0 aliphatic carbocycles. The van der Waals surface area contributed by atoms with Gasteiger partial charge in [-0.15, -0.1) is 0 Å². The number of ether oxygens (including phenoxy) is 1. The summed E-state index contributed by atoms with van der Waals surface area (Å²) in [6.45, 7) is 7.06. The molecule has 1 unspecified atom stereocenters. The zero-order chi connectivity index (χ0) is 31.6. The van der Waals surface area contributed by atoms with Crippen molar-refractivity contribution >= 4 is 45.8 Å². The summed E-state index contributed by atoms with van der Waals surface area (Å²) in [4.78, 5) is 51.2. The van der Waals surface area contributed by atoms with E-state index < -0.39 is 17.5 Å². The lowest BCUT2D eigenvalue weighted by atomic mass is 9.97. The highest BCUT2D eigenvalue weighted by Gasteiger charge is 2.23. The number of aliphatic imine (C=N–C) groups is 1. The minimum Gasteiger partial charge on any atom is -0.442 e. The van der Waals surface area contributed by atoms with Gasteiger partial charge in [0.25, 0.3) is 5.91 Å². The Hall–Kier alpha value is -5.26. The second kappa shape index (κ2) is 12.4. The first-order valence-electron chi connectivity index (χ1n) is 14.7. The number of aromatic amines is 1. The van der Waals surface area contributed by atoms with Crippen molar-refractivity contribution in [1.29, 1.82) is 0 Å². The molecular weight excluding hydrogens is 575 g/mol. The van der Waals surface area contributed by atoms with Crippen LogP contribution < -0.4 is 10.2 Å². The minimum atomic E-state index is -0.613. The van der Waals surface area contributed by atoms with Gasteiger partial charge in [-0.1, -0.05) is 0 Å². The first-order chi connectivity index (χ1) is 21.6. The fraction of sp³-hybridized carbons (Fsp3) is 0.303. The molecular formula is C33H33FN8O3. The summed E-state index contributed by atoms with van der Waals surface area (Å²) in [7, 11) is 0. The number of amides is 2. The number of anilines is 1. The number of hydrogen-bond acceptors (Lipinski definition) is 8. The standard InChI is InChI=1S/C33H33FN8O3/c1-33(2,3)45-32(44)41-14-20-5-4-8-42(18-20)28-6-7-37-29-25(28)9-22(11-27(29)34)26-17-39-30-24(26)10-23(16-38-30)31(43)40-15-21-12-35-19-36-13-21/h6-7,9-14,16-17,19-20H,4-5,8,15,18H2,1-3H3,(H,38,39)(H,40,43)/b41-14+. The zero-order valence-electron chi connectivity index (χ0n) is 25.2. The molecule has 1 saturated heterocycles. The van der Waals surface area contributed by atoms with Gasteiger partial charge in [0.2, 0.25) is 0 Å². The summed E-state index contributed by atoms with van der Waals surface area (Å²) in [5.74, 6) is -0.724. The van der Waals surface area contributed by atoms with Crippen molar-refractivity contribution in [3.63, 3.8) is 0 Å². The van der Waals surface area contributed by atoms with Crippen LogP contribution in [0, 0.1) is 11.7 Å². The molecule has 45 heavy (non-hydrogen) atoms. The van der Waals surface area contributed by atoms with Crippen molar-refractivity contribution in [3.05, 3.63) is 78.5 Å². The molecule has 11 nitrogen and oxygen atoms in total. The molecule has 12 heteroatoms. The second-order valence-corrected chi connectivity index (χ2v) is 12.0. The summed E-state index contributed by atoms with van der Waals surface area (Å²) >= 11 is 0. The minimum absolute atomic E-state index is 0.0289. The van der Waals surface area contributed by atoms with E-state index in [9.17, 15) is 9.59 Å². The van der Waals surface area contributed by atoms with Gasteiger partial charge in [-0.05, 0) is 63.4 Å². The lowest BCUT2D eigenvalue weighted by Gasteiger charge is -2.33. The monoisotopic (exact) mass is 608 g/mol. The predicted molar refractivity (Wildman–Crippen MR) is 170 cm³/mol. The number of carbonyl (C=O) groups is 2. The third-order valence-electron chi connectivity index (χ3n) is 7.53. The topological polar surface area (TPSA) is 138 Å². The van der Waals surface area contributed by atoms with Gasteiger partial charge in [0.1, 0.15) is 28.9 Å². The van der Waals surface area contributed by atoms with Crippen LogP contribution in [0.25, 0.3) is 33.1 Å². The second-order valence-electron chi connectivity index (χ2n) is 12.0. The Kier molecular flexibility index (Phi) is 8.20. The molecule has 1 aliphatic heterocycles. The Morgan fingerprint density at radius 3 is 2.78 bits per heavy atom. The molecule has 0 bridgehead atoms. The summed E-state index contributed by atoms with van der Waals surface area (Å²) in [6.07, 6.45) is 12.4. The number of fused-ring (bicyclic) bond motifs is 2. The number of hydrogen-bond donors (Lipinski definition) is 2. The molecule has 1 fully saturated rings. The predicted octanol–water partition coefficient (Wildman–Crippen LogP) is 5.86. The van der Waals surface area contributed by atoms with Crippen molar-refractivity contribution in [2.24, 2.45) is 10.9 Å². The molecule has 2 N–H and O–H groups in total. The van der Waals surface area contributed by atoms with Crippen LogP contribution in [-0.2, 0) is 11.3 Å². The van der Waals surface area contributed by atoms with Crippen LogP contribution in [0.5, 0.6) is 0 Å². The van der Waals surface area contributed by atoms with Gasteiger partial charge in [-0.3, -0.25) is 9.78 Å². The molecule has 0 saturated carbocycles. The van der Waals surface area contributed by atoms with Crippen LogP contribution in [0.15, 0.2) is 66.6 Å². The van der Waals surface area contributed by atoms with E-state index in [2.05, 4.69) is 40.1 Å². The average Bonchev–Trinajstić information content (AvgIpc) is 3.46. The van der Waals surface area contributed by atoms with Gasteiger partial charge < -0.3 is 19.9 Å². The van der Waals surface area contributed by atoms with Gasteiger partial charge in [0.15, 0.2) is 0 Å². The Labute approximate surface area is 259 Å². The Balaban J connectivity index is 1.28. The first kappa shape index (κ1) is 29.8. The number of rotatable bonds is 6. The maximum Gasteiger partial charge on any atom is 0.433 e. The fourth-order valence-electron chi connectivity index (χ4n) is 5.51. The molecule has 2 amide bonds. The van der Waals surface area contributed by atoms with Crippen LogP contribution in [0.3, 0.4) is 0 Å². The van der Waals surface area contributed by atoms with E-state index in [0.29, 0.717) is 39.7 Å². The highest BCUT2D eigenvalue weighted by molar-refractivity contribution is 6.03. The maximum atomic E-state index is 15.6. The fourth-order valence-corrected chi connectivity index (χ4v) is 5.51.